The Morgan fingerprint density at radius 1 is 1.14 bits per heavy atom. The molecule has 2 aromatic rings. The summed E-state index contributed by atoms with van der Waals surface area (Å²) in [5.74, 6) is -0.0467. The lowest BCUT2D eigenvalue weighted by Gasteiger charge is -2.15. The maximum Gasteiger partial charge on any atom is 0.238 e. The van der Waals surface area contributed by atoms with Crippen molar-refractivity contribution in [1.82, 2.24) is 5.32 Å². The van der Waals surface area contributed by atoms with E-state index in [0.29, 0.717) is 5.02 Å². The van der Waals surface area contributed by atoms with E-state index in [-0.39, 0.29) is 18.5 Å². The number of nitrogens with one attached hydrogen (secondary N) is 2. The summed E-state index contributed by atoms with van der Waals surface area (Å²) >= 11 is 5.88. The standard InChI is InChI=1S/C18H21ClN2O/c1-12-5-4-6-17(13(12)2)21-18(22)11-20-14(3)15-7-9-16(19)10-8-15/h4-10,14,20H,11H2,1-3H3,(H,21,22)/t14-/m1/s1. The second kappa shape index (κ2) is 7.43. The topological polar surface area (TPSA) is 41.1 Å². The number of hydrogen-bond donors (Lipinski definition) is 2. The number of hydrogen-bond acceptors (Lipinski definition) is 2. The van der Waals surface area contributed by atoms with Gasteiger partial charge >= 0.3 is 0 Å². The monoisotopic (exact) mass is 316 g/mol. The molecule has 0 spiro atoms. The average molecular weight is 317 g/mol. The highest BCUT2D eigenvalue weighted by atomic mass is 35.5. The molecule has 0 heterocycles. The molecule has 2 N–H and O–H groups in total. The molecule has 0 aliphatic carbocycles. The highest BCUT2D eigenvalue weighted by Crippen LogP contribution is 2.18. The summed E-state index contributed by atoms with van der Waals surface area (Å²) < 4.78 is 0. The lowest BCUT2D eigenvalue weighted by Crippen LogP contribution is -2.30. The molecule has 2 rings (SSSR count). The van der Waals surface area contributed by atoms with Crippen LogP contribution in [0.15, 0.2) is 42.5 Å². The molecule has 0 aromatic heterocycles. The van der Waals surface area contributed by atoms with Gasteiger partial charge in [-0.2, -0.15) is 0 Å². The van der Waals surface area contributed by atoms with E-state index in [9.17, 15) is 4.79 Å². The SMILES string of the molecule is Cc1cccc(NC(=O)CN[C@H](C)c2ccc(Cl)cc2)c1C. The maximum absolute atomic E-state index is 12.1. The second-order valence-electron chi connectivity index (χ2n) is 5.45. The highest BCUT2D eigenvalue weighted by Gasteiger charge is 2.09. The summed E-state index contributed by atoms with van der Waals surface area (Å²) in [5, 5.41) is 6.87. The first-order valence-electron chi connectivity index (χ1n) is 7.32. The predicted octanol–water partition coefficient (Wildman–Crippen LogP) is 4.25. The Labute approximate surface area is 136 Å². The molecule has 0 bridgehead atoms. The lowest BCUT2D eigenvalue weighted by molar-refractivity contribution is -0.115. The minimum atomic E-state index is -0.0467. The van der Waals surface area contributed by atoms with E-state index < -0.39 is 0 Å². The summed E-state index contributed by atoms with van der Waals surface area (Å²) in [6.45, 7) is 6.33. The Morgan fingerprint density at radius 3 is 2.50 bits per heavy atom. The third-order valence-corrected chi connectivity index (χ3v) is 4.07. The number of halogens is 1. The Morgan fingerprint density at radius 2 is 1.82 bits per heavy atom. The van der Waals surface area contributed by atoms with Gasteiger partial charge in [0.25, 0.3) is 0 Å². The summed E-state index contributed by atoms with van der Waals surface area (Å²) in [6, 6.07) is 13.6. The van der Waals surface area contributed by atoms with Gasteiger partial charge in [-0.05, 0) is 55.7 Å². The normalized spacial score (nSPS) is 12.0. The Kier molecular flexibility index (Phi) is 5.58. The van der Waals surface area contributed by atoms with Crippen molar-refractivity contribution in [2.75, 3.05) is 11.9 Å². The van der Waals surface area contributed by atoms with Gasteiger partial charge in [-0.3, -0.25) is 4.79 Å². The molecule has 0 saturated heterocycles. The van der Waals surface area contributed by atoms with Gasteiger partial charge in [-0.15, -0.1) is 0 Å². The molecular weight excluding hydrogens is 296 g/mol. The van der Waals surface area contributed by atoms with E-state index in [1.54, 1.807) is 0 Å². The van der Waals surface area contributed by atoms with Crippen molar-refractivity contribution in [2.45, 2.75) is 26.8 Å². The van der Waals surface area contributed by atoms with Gasteiger partial charge < -0.3 is 10.6 Å². The molecule has 4 heteroatoms. The average Bonchev–Trinajstić information content (AvgIpc) is 2.50. The van der Waals surface area contributed by atoms with Gasteiger partial charge in [0.15, 0.2) is 0 Å². The van der Waals surface area contributed by atoms with Gasteiger partial charge in [-0.1, -0.05) is 35.9 Å². The molecular formula is C18H21ClN2O. The molecule has 2 aromatic carbocycles. The van der Waals surface area contributed by atoms with E-state index in [1.807, 2.05) is 63.2 Å². The zero-order valence-corrected chi connectivity index (χ0v) is 13.9. The number of rotatable bonds is 5. The largest absolute Gasteiger partial charge is 0.325 e. The first-order chi connectivity index (χ1) is 10.5. The van der Waals surface area contributed by atoms with E-state index in [1.165, 1.54) is 5.56 Å². The Bertz CT molecular complexity index is 653. The van der Waals surface area contributed by atoms with Crippen LogP contribution >= 0.6 is 11.6 Å². The van der Waals surface area contributed by atoms with Crippen LogP contribution in [0.2, 0.25) is 5.02 Å². The smallest absolute Gasteiger partial charge is 0.238 e. The summed E-state index contributed by atoms with van der Waals surface area (Å²) in [5.41, 5.74) is 4.23. The van der Waals surface area contributed by atoms with Crippen molar-refractivity contribution < 1.29 is 4.79 Å². The second-order valence-corrected chi connectivity index (χ2v) is 5.89. The number of carbonyl (C=O) groups is 1. The van der Waals surface area contributed by atoms with Gasteiger partial charge in [0, 0.05) is 16.8 Å². The molecule has 0 aliphatic heterocycles. The van der Waals surface area contributed by atoms with Crippen LogP contribution in [0.1, 0.15) is 29.7 Å². The van der Waals surface area contributed by atoms with Crippen LogP contribution in [0.25, 0.3) is 0 Å². The molecule has 1 amide bonds. The van der Waals surface area contributed by atoms with Crippen LogP contribution in [0.3, 0.4) is 0 Å². The number of carbonyl (C=O) groups excluding carboxylic acids is 1. The maximum atomic E-state index is 12.1. The van der Waals surface area contributed by atoms with Gasteiger partial charge in [0.05, 0.1) is 6.54 Å². The van der Waals surface area contributed by atoms with Gasteiger partial charge in [0.1, 0.15) is 0 Å². The quantitative estimate of drug-likeness (QED) is 0.866. The van der Waals surface area contributed by atoms with Gasteiger partial charge in [0.2, 0.25) is 5.91 Å². The Hall–Kier alpha value is -1.84. The minimum absolute atomic E-state index is 0.0467. The molecule has 0 aliphatic rings. The highest BCUT2D eigenvalue weighted by molar-refractivity contribution is 6.30. The molecule has 1 atom stereocenters. The Balaban J connectivity index is 1.90. The fraction of sp³-hybridized carbons (Fsp3) is 0.278. The fourth-order valence-electron chi connectivity index (χ4n) is 2.20. The van der Waals surface area contributed by atoms with E-state index in [2.05, 4.69) is 10.6 Å². The van der Waals surface area contributed by atoms with E-state index in [0.717, 1.165) is 16.8 Å². The zero-order valence-electron chi connectivity index (χ0n) is 13.1. The van der Waals surface area contributed by atoms with Crippen LogP contribution in [0, 0.1) is 13.8 Å². The van der Waals surface area contributed by atoms with Crippen LogP contribution in [0.5, 0.6) is 0 Å². The predicted molar refractivity (Wildman–Crippen MR) is 92.4 cm³/mol. The van der Waals surface area contributed by atoms with Crippen molar-refractivity contribution in [3.63, 3.8) is 0 Å². The van der Waals surface area contributed by atoms with Crippen LogP contribution < -0.4 is 10.6 Å². The first kappa shape index (κ1) is 16.5. The number of amides is 1. The molecule has 116 valence electrons. The van der Waals surface area contributed by atoms with Crippen molar-refractivity contribution in [3.05, 3.63) is 64.2 Å². The van der Waals surface area contributed by atoms with Crippen molar-refractivity contribution in [2.24, 2.45) is 0 Å². The minimum Gasteiger partial charge on any atom is -0.325 e. The van der Waals surface area contributed by atoms with E-state index in [4.69, 9.17) is 11.6 Å². The summed E-state index contributed by atoms with van der Waals surface area (Å²) in [7, 11) is 0. The lowest BCUT2D eigenvalue weighted by atomic mass is 10.1. The van der Waals surface area contributed by atoms with Crippen molar-refractivity contribution in [3.8, 4) is 0 Å². The molecule has 22 heavy (non-hydrogen) atoms. The van der Waals surface area contributed by atoms with Gasteiger partial charge in [-0.25, -0.2) is 0 Å². The van der Waals surface area contributed by atoms with Crippen LogP contribution in [0.4, 0.5) is 5.69 Å². The molecule has 0 saturated carbocycles. The molecule has 3 nitrogen and oxygen atoms in total. The zero-order chi connectivity index (χ0) is 16.1. The number of aryl methyl sites for hydroxylation is 1. The summed E-state index contributed by atoms with van der Waals surface area (Å²) in [4.78, 5) is 12.1. The van der Waals surface area contributed by atoms with E-state index >= 15 is 0 Å². The third-order valence-electron chi connectivity index (χ3n) is 3.82. The first-order valence-corrected chi connectivity index (χ1v) is 7.70. The van der Waals surface area contributed by atoms with Crippen LogP contribution in [-0.4, -0.2) is 12.5 Å². The van der Waals surface area contributed by atoms with Crippen molar-refractivity contribution >= 4 is 23.2 Å². The molecule has 0 radical (unpaired) electrons. The summed E-state index contributed by atoms with van der Waals surface area (Å²) in [6.07, 6.45) is 0. The van der Waals surface area contributed by atoms with Crippen LogP contribution in [-0.2, 0) is 4.79 Å². The molecule has 0 unspecified atom stereocenters. The molecule has 0 fully saturated rings. The number of anilines is 1. The fourth-order valence-corrected chi connectivity index (χ4v) is 2.32. The van der Waals surface area contributed by atoms with Crippen molar-refractivity contribution in [1.29, 1.82) is 0 Å². The number of benzene rings is 2. The third kappa shape index (κ3) is 4.33.